The van der Waals surface area contributed by atoms with E-state index in [-0.39, 0.29) is 0 Å². The second-order valence-corrected chi connectivity index (χ2v) is 8.39. The molecular formula is C21H19F3N2O4S. The summed E-state index contributed by atoms with van der Waals surface area (Å²) in [5, 5.41) is 2.67. The van der Waals surface area contributed by atoms with Crippen LogP contribution in [0.25, 0.3) is 0 Å². The first-order valence-corrected chi connectivity index (χ1v) is 10.6. The molecule has 0 bridgehead atoms. The van der Waals surface area contributed by atoms with Crippen LogP contribution in [0.4, 0.5) is 13.2 Å². The smallest absolute Gasteiger partial charge is 0.417 e. The Morgan fingerprint density at radius 3 is 2.23 bits per heavy atom. The van der Waals surface area contributed by atoms with Crippen LogP contribution in [0.3, 0.4) is 0 Å². The molecule has 0 saturated heterocycles. The maximum atomic E-state index is 13.2. The number of carbonyl (C=O) groups is 1. The van der Waals surface area contributed by atoms with E-state index in [0.717, 1.165) is 12.1 Å². The average molecular weight is 452 g/mol. The number of nitrogens with one attached hydrogen (secondary N) is 2. The highest BCUT2D eigenvalue weighted by Crippen LogP contribution is 2.34. The van der Waals surface area contributed by atoms with Crippen molar-refractivity contribution in [2.24, 2.45) is 0 Å². The summed E-state index contributed by atoms with van der Waals surface area (Å²) in [4.78, 5) is 11.8. The van der Waals surface area contributed by atoms with Gasteiger partial charge in [0.05, 0.1) is 22.8 Å². The number of hydrogen-bond donors (Lipinski definition) is 2. The predicted octanol–water partition coefficient (Wildman–Crippen LogP) is 3.87. The van der Waals surface area contributed by atoms with Gasteiger partial charge in [0.1, 0.15) is 11.8 Å². The molecule has 1 unspecified atom stereocenters. The van der Waals surface area contributed by atoms with Crippen molar-refractivity contribution in [3.63, 3.8) is 0 Å². The molecule has 10 heteroatoms. The molecule has 2 aromatic carbocycles. The van der Waals surface area contributed by atoms with E-state index in [2.05, 4.69) is 5.32 Å². The van der Waals surface area contributed by atoms with Gasteiger partial charge in [0, 0.05) is 0 Å². The topological polar surface area (TPSA) is 88.4 Å². The third-order valence-electron chi connectivity index (χ3n) is 4.45. The van der Waals surface area contributed by atoms with E-state index >= 15 is 0 Å². The van der Waals surface area contributed by atoms with Crippen LogP contribution < -0.4 is 10.0 Å². The average Bonchev–Trinajstić information content (AvgIpc) is 3.26. The molecule has 6 nitrogen and oxygen atoms in total. The fourth-order valence-corrected chi connectivity index (χ4v) is 4.40. The highest BCUT2D eigenvalue weighted by Gasteiger charge is 2.37. The van der Waals surface area contributed by atoms with Crippen molar-refractivity contribution in [2.75, 3.05) is 0 Å². The van der Waals surface area contributed by atoms with Gasteiger partial charge in [-0.3, -0.25) is 4.79 Å². The number of alkyl halides is 3. The van der Waals surface area contributed by atoms with Crippen LogP contribution in [0.1, 0.15) is 29.9 Å². The van der Waals surface area contributed by atoms with Crippen LogP contribution in [0.5, 0.6) is 0 Å². The summed E-state index contributed by atoms with van der Waals surface area (Å²) in [6, 6.07) is 13.8. The van der Waals surface area contributed by atoms with Crippen molar-refractivity contribution < 1.29 is 30.8 Å². The monoisotopic (exact) mass is 452 g/mol. The lowest BCUT2D eigenvalue weighted by atomic mass is 10.0. The van der Waals surface area contributed by atoms with E-state index in [4.69, 9.17) is 4.42 Å². The van der Waals surface area contributed by atoms with E-state index in [0.29, 0.717) is 17.4 Å². The highest BCUT2D eigenvalue weighted by atomic mass is 32.2. The van der Waals surface area contributed by atoms with Gasteiger partial charge < -0.3 is 9.73 Å². The Hall–Kier alpha value is -3.11. The SMILES string of the molecule is C[C@H](NS(=O)(=O)c1ccccc1C(F)(F)F)C(=O)NC(c1ccccc1)c1ccco1. The summed E-state index contributed by atoms with van der Waals surface area (Å²) in [7, 11) is -4.63. The van der Waals surface area contributed by atoms with Gasteiger partial charge in [0.25, 0.3) is 0 Å². The van der Waals surface area contributed by atoms with Crippen LogP contribution in [0, 0.1) is 0 Å². The summed E-state index contributed by atoms with van der Waals surface area (Å²) in [6.07, 6.45) is -3.44. The third kappa shape index (κ3) is 5.33. The quantitative estimate of drug-likeness (QED) is 0.570. The fraction of sp³-hybridized carbons (Fsp3) is 0.190. The Kier molecular flexibility index (Phi) is 6.51. The number of furan rings is 1. The van der Waals surface area contributed by atoms with E-state index in [1.54, 1.807) is 42.5 Å². The van der Waals surface area contributed by atoms with Crippen molar-refractivity contribution >= 4 is 15.9 Å². The number of halogens is 3. The second kappa shape index (κ2) is 8.94. The number of hydrogen-bond acceptors (Lipinski definition) is 4. The normalized spacial score (nSPS) is 14.1. The van der Waals surface area contributed by atoms with Crippen LogP contribution in [0.15, 0.2) is 82.3 Å². The Morgan fingerprint density at radius 1 is 0.968 bits per heavy atom. The summed E-state index contributed by atoms with van der Waals surface area (Å²) >= 11 is 0. The molecule has 0 fully saturated rings. The molecule has 164 valence electrons. The molecule has 0 aliphatic carbocycles. The van der Waals surface area contributed by atoms with Gasteiger partial charge in [0.2, 0.25) is 15.9 Å². The summed E-state index contributed by atoms with van der Waals surface area (Å²) in [5.74, 6) is -0.324. The molecule has 1 heterocycles. The summed E-state index contributed by atoms with van der Waals surface area (Å²) in [6.45, 7) is 1.24. The molecule has 2 atom stereocenters. The number of benzene rings is 2. The Labute approximate surface area is 177 Å². The third-order valence-corrected chi connectivity index (χ3v) is 6.05. The molecule has 31 heavy (non-hydrogen) atoms. The van der Waals surface area contributed by atoms with Gasteiger partial charge >= 0.3 is 6.18 Å². The largest absolute Gasteiger partial charge is 0.467 e. The minimum atomic E-state index is -4.87. The number of rotatable bonds is 7. The van der Waals surface area contributed by atoms with E-state index in [9.17, 15) is 26.4 Å². The summed E-state index contributed by atoms with van der Waals surface area (Å²) in [5.41, 5.74) is -0.629. The molecule has 3 aromatic rings. The lowest BCUT2D eigenvalue weighted by Crippen LogP contribution is -2.46. The van der Waals surface area contributed by atoms with Crippen molar-refractivity contribution in [1.29, 1.82) is 0 Å². The van der Waals surface area contributed by atoms with Crippen molar-refractivity contribution in [3.05, 3.63) is 89.9 Å². The first-order chi connectivity index (χ1) is 14.6. The van der Waals surface area contributed by atoms with Gasteiger partial charge in [-0.2, -0.15) is 17.9 Å². The lowest BCUT2D eigenvalue weighted by molar-refractivity contribution is -0.139. The second-order valence-electron chi connectivity index (χ2n) is 6.70. The number of sulfonamides is 1. The van der Waals surface area contributed by atoms with Crippen LogP contribution in [-0.4, -0.2) is 20.4 Å². The van der Waals surface area contributed by atoms with Gasteiger partial charge in [0.15, 0.2) is 0 Å². The minimum absolute atomic E-state index is 0.414. The molecular weight excluding hydrogens is 433 g/mol. The van der Waals surface area contributed by atoms with E-state index in [1.807, 2.05) is 4.72 Å². The standard InChI is InChI=1S/C21H19F3N2O4S/c1-14(26-31(28,29)18-12-6-5-10-16(18)21(22,23)24)20(27)25-19(17-11-7-13-30-17)15-8-3-2-4-9-15/h2-14,19,26H,1H3,(H,25,27)/t14-,19?/m0/s1. The fourth-order valence-electron chi connectivity index (χ4n) is 2.97. The van der Waals surface area contributed by atoms with Crippen LogP contribution in [0.2, 0.25) is 0 Å². The number of carbonyl (C=O) groups excluding carboxylic acids is 1. The van der Waals surface area contributed by atoms with Crippen molar-refractivity contribution in [2.45, 2.75) is 30.1 Å². The molecule has 0 aliphatic heterocycles. The zero-order valence-electron chi connectivity index (χ0n) is 16.3. The maximum absolute atomic E-state index is 13.2. The molecule has 0 radical (unpaired) electrons. The summed E-state index contributed by atoms with van der Waals surface area (Å²) < 4.78 is 72.2. The van der Waals surface area contributed by atoms with Gasteiger partial charge in [-0.15, -0.1) is 0 Å². The minimum Gasteiger partial charge on any atom is -0.467 e. The number of amides is 1. The van der Waals surface area contributed by atoms with E-state index in [1.165, 1.54) is 19.3 Å². The highest BCUT2D eigenvalue weighted by molar-refractivity contribution is 7.89. The predicted molar refractivity (Wildman–Crippen MR) is 106 cm³/mol. The zero-order valence-corrected chi connectivity index (χ0v) is 17.1. The lowest BCUT2D eigenvalue weighted by Gasteiger charge is -2.21. The molecule has 2 N–H and O–H groups in total. The zero-order chi connectivity index (χ0) is 22.6. The van der Waals surface area contributed by atoms with Crippen LogP contribution >= 0.6 is 0 Å². The van der Waals surface area contributed by atoms with Crippen molar-refractivity contribution in [3.8, 4) is 0 Å². The maximum Gasteiger partial charge on any atom is 0.417 e. The first kappa shape index (κ1) is 22.6. The molecule has 0 saturated carbocycles. The van der Waals surface area contributed by atoms with Gasteiger partial charge in [-0.25, -0.2) is 8.42 Å². The molecule has 0 spiro atoms. The van der Waals surface area contributed by atoms with Gasteiger partial charge in [-0.1, -0.05) is 42.5 Å². The van der Waals surface area contributed by atoms with Crippen LogP contribution in [-0.2, 0) is 21.0 Å². The Balaban J connectivity index is 1.82. The van der Waals surface area contributed by atoms with Gasteiger partial charge in [-0.05, 0) is 36.8 Å². The Morgan fingerprint density at radius 2 is 1.61 bits per heavy atom. The molecule has 1 amide bonds. The van der Waals surface area contributed by atoms with E-state index < -0.39 is 44.6 Å². The molecule has 3 rings (SSSR count). The van der Waals surface area contributed by atoms with Crippen molar-refractivity contribution in [1.82, 2.24) is 10.0 Å². The molecule has 0 aliphatic rings. The first-order valence-electron chi connectivity index (χ1n) is 9.17. The Bertz CT molecular complexity index is 1130. The molecule has 1 aromatic heterocycles.